The highest BCUT2D eigenvalue weighted by molar-refractivity contribution is 6.05. The summed E-state index contributed by atoms with van der Waals surface area (Å²) in [6.07, 6.45) is 2.70. The standard InChI is InChI=1S/C32H39N5O4/c1-34-32(35-25-19-28(39-3)27(38-2)18-24(25)30(33)36-32)21-31(23-7-5-4-6-8-23)11-13-37(14-12-31)20-22-9-10-26-29(17-22)41-16-15-40-26/h4-10,17-19,34-35H,11-16,20-21H2,1-3H3,(H2,33,36). The number of amidine groups is 1. The number of rotatable bonds is 8. The summed E-state index contributed by atoms with van der Waals surface area (Å²) in [4.78, 5) is 7.56. The number of nitrogens with one attached hydrogen (secondary N) is 2. The third-order valence-corrected chi connectivity index (χ3v) is 8.67. The Morgan fingerprint density at radius 1 is 0.951 bits per heavy atom. The van der Waals surface area contributed by atoms with Crippen molar-refractivity contribution in [2.75, 3.05) is 52.9 Å². The highest BCUT2D eigenvalue weighted by atomic mass is 16.6. The predicted molar refractivity (Wildman–Crippen MR) is 160 cm³/mol. The van der Waals surface area contributed by atoms with Crippen molar-refractivity contribution in [3.05, 3.63) is 77.4 Å². The molecular formula is C32H39N5O4. The van der Waals surface area contributed by atoms with Crippen LogP contribution in [-0.4, -0.2) is 64.1 Å². The lowest BCUT2D eigenvalue weighted by molar-refractivity contribution is 0.124. The van der Waals surface area contributed by atoms with E-state index in [0.29, 0.717) is 30.5 Å². The normalized spacial score (nSPS) is 21.3. The quantitative estimate of drug-likeness (QED) is 0.381. The second-order valence-corrected chi connectivity index (χ2v) is 11.1. The third kappa shape index (κ3) is 5.27. The molecular weight excluding hydrogens is 518 g/mol. The monoisotopic (exact) mass is 557 g/mol. The maximum atomic E-state index is 6.60. The summed E-state index contributed by atoms with van der Waals surface area (Å²) in [6, 6.07) is 20.9. The van der Waals surface area contributed by atoms with Gasteiger partial charge in [0.1, 0.15) is 19.0 Å². The first-order chi connectivity index (χ1) is 20.0. The molecule has 3 aromatic carbocycles. The highest BCUT2D eigenvalue weighted by Gasteiger charge is 2.45. The van der Waals surface area contributed by atoms with Gasteiger partial charge in [0.05, 0.1) is 19.9 Å². The van der Waals surface area contributed by atoms with Gasteiger partial charge in [-0.15, -0.1) is 0 Å². The Morgan fingerprint density at radius 3 is 2.37 bits per heavy atom. The zero-order valence-electron chi connectivity index (χ0n) is 24.0. The molecule has 1 atom stereocenters. The molecule has 0 bridgehead atoms. The Balaban J connectivity index is 1.26. The smallest absolute Gasteiger partial charge is 0.187 e. The predicted octanol–water partition coefficient (Wildman–Crippen LogP) is 4.10. The van der Waals surface area contributed by atoms with E-state index in [0.717, 1.165) is 61.6 Å². The van der Waals surface area contributed by atoms with Crippen LogP contribution >= 0.6 is 0 Å². The van der Waals surface area contributed by atoms with Crippen LogP contribution in [0.1, 0.15) is 36.0 Å². The second-order valence-electron chi connectivity index (χ2n) is 11.1. The Kier molecular flexibility index (Phi) is 7.40. The number of hydrogen-bond acceptors (Lipinski definition) is 9. The highest BCUT2D eigenvalue weighted by Crippen LogP contribution is 2.45. The van der Waals surface area contributed by atoms with Crippen LogP contribution in [0.25, 0.3) is 0 Å². The molecule has 0 aliphatic carbocycles. The fourth-order valence-corrected chi connectivity index (χ4v) is 6.43. The van der Waals surface area contributed by atoms with Gasteiger partial charge < -0.3 is 30.0 Å². The molecule has 1 fully saturated rings. The van der Waals surface area contributed by atoms with Crippen LogP contribution in [0.15, 0.2) is 65.7 Å². The van der Waals surface area contributed by atoms with E-state index in [2.05, 4.69) is 58.0 Å². The molecule has 3 aliphatic rings. The molecule has 41 heavy (non-hydrogen) atoms. The van der Waals surface area contributed by atoms with E-state index >= 15 is 0 Å². The average molecular weight is 558 g/mol. The van der Waals surface area contributed by atoms with E-state index in [9.17, 15) is 0 Å². The Labute approximate surface area is 241 Å². The molecule has 0 radical (unpaired) electrons. The van der Waals surface area contributed by atoms with Crippen molar-refractivity contribution in [2.45, 2.75) is 37.0 Å². The van der Waals surface area contributed by atoms with Gasteiger partial charge >= 0.3 is 0 Å². The van der Waals surface area contributed by atoms with Crippen molar-refractivity contribution in [3.8, 4) is 23.0 Å². The fourth-order valence-electron chi connectivity index (χ4n) is 6.43. The molecule has 1 unspecified atom stereocenters. The van der Waals surface area contributed by atoms with Crippen molar-refractivity contribution in [3.63, 3.8) is 0 Å². The van der Waals surface area contributed by atoms with Crippen molar-refractivity contribution >= 4 is 11.5 Å². The van der Waals surface area contributed by atoms with Gasteiger partial charge in [-0.2, -0.15) is 0 Å². The van der Waals surface area contributed by atoms with Crippen LogP contribution in [0.2, 0.25) is 0 Å². The van der Waals surface area contributed by atoms with E-state index in [-0.39, 0.29) is 5.41 Å². The van der Waals surface area contributed by atoms with Crippen LogP contribution in [-0.2, 0) is 12.0 Å². The first kappa shape index (κ1) is 27.2. The summed E-state index contributed by atoms with van der Waals surface area (Å²) in [5.74, 6) is 2.61. The SMILES string of the molecule is CNC1(CC2(c3ccccc3)CCN(Cc3ccc4c(c3)OCCO4)CC2)N=C(N)c2cc(OC)c(OC)cc2N1. The molecule has 0 amide bonds. The van der Waals surface area contributed by atoms with Gasteiger partial charge in [0.2, 0.25) is 0 Å². The van der Waals surface area contributed by atoms with Gasteiger partial charge in [-0.25, -0.2) is 4.99 Å². The van der Waals surface area contributed by atoms with E-state index in [1.807, 2.05) is 25.2 Å². The summed E-state index contributed by atoms with van der Waals surface area (Å²) in [5, 5.41) is 7.17. The number of methoxy groups -OCH3 is 2. The van der Waals surface area contributed by atoms with Crippen LogP contribution in [0, 0.1) is 0 Å². The zero-order valence-corrected chi connectivity index (χ0v) is 24.0. The van der Waals surface area contributed by atoms with Gasteiger partial charge in [-0.05, 0) is 62.3 Å². The molecule has 0 saturated carbocycles. The van der Waals surface area contributed by atoms with Crippen molar-refractivity contribution in [2.24, 2.45) is 10.7 Å². The number of piperidine rings is 1. The van der Waals surface area contributed by atoms with Crippen LogP contribution in [0.5, 0.6) is 23.0 Å². The second kappa shape index (κ2) is 11.1. The molecule has 3 aliphatic heterocycles. The molecule has 1 saturated heterocycles. The number of nitrogens with zero attached hydrogens (tertiary/aromatic N) is 2. The number of benzene rings is 3. The number of likely N-dealkylation sites (tertiary alicyclic amines) is 1. The van der Waals surface area contributed by atoms with Crippen molar-refractivity contribution in [1.82, 2.24) is 10.2 Å². The average Bonchev–Trinajstić information content (AvgIpc) is 3.02. The summed E-state index contributed by atoms with van der Waals surface area (Å²) in [7, 11) is 5.19. The molecule has 216 valence electrons. The molecule has 3 heterocycles. The third-order valence-electron chi connectivity index (χ3n) is 8.67. The minimum absolute atomic E-state index is 0.113. The van der Waals surface area contributed by atoms with Gasteiger partial charge in [0.25, 0.3) is 0 Å². The molecule has 3 aromatic rings. The van der Waals surface area contributed by atoms with Gasteiger partial charge in [0.15, 0.2) is 28.8 Å². The van der Waals surface area contributed by atoms with E-state index in [4.69, 9.17) is 29.7 Å². The molecule has 6 rings (SSSR count). The maximum absolute atomic E-state index is 6.60. The minimum atomic E-state index is -0.787. The summed E-state index contributed by atoms with van der Waals surface area (Å²) in [5.41, 5.74) is 10.7. The zero-order chi connectivity index (χ0) is 28.5. The van der Waals surface area contributed by atoms with Gasteiger partial charge in [-0.1, -0.05) is 36.4 Å². The number of fused-ring (bicyclic) bond motifs is 2. The van der Waals surface area contributed by atoms with Crippen LogP contribution in [0.4, 0.5) is 5.69 Å². The maximum Gasteiger partial charge on any atom is 0.187 e. The minimum Gasteiger partial charge on any atom is -0.493 e. The number of aliphatic imine (C=N–C) groups is 1. The fraction of sp³-hybridized carbons (Fsp3) is 0.406. The molecule has 0 spiro atoms. The molecule has 4 N–H and O–H groups in total. The molecule has 0 aromatic heterocycles. The number of anilines is 1. The summed E-state index contributed by atoms with van der Waals surface area (Å²) in [6.45, 7) is 4.00. The largest absolute Gasteiger partial charge is 0.493 e. The molecule has 9 nitrogen and oxygen atoms in total. The lowest BCUT2D eigenvalue weighted by Gasteiger charge is -2.48. The first-order valence-electron chi connectivity index (χ1n) is 14.2. The summed E-state index contributed by atoms with van der Waals surface area (Å²) >= 11 is 0. The Bertz CT molecular complexity index is 1420. The first-order valence-corrected chi connectivity index (χ1v) is 14.2. The number of nitrogens with two attached hydrogens (primary N) is 1. The van der Waals surface area contributed by atoms with Crippen LogP contribution in [0.3, 0.4) is 0 Å². The topological polar surface area (TPSA) is 103 Å². The lowest BCUT2D eigenvalue weighted by atomic mass is 9.68. The lowest BCUT2D eigenvalue weighted by Crippen LogP contribution is -2.57. The molecule has 9 heteroatoms. The van der Waals surface area contributed by atoms with E-state index in [1.165, 1.54) is 11.1 Å². The number of hydrogen-bond donors (Lipinski definition) is 3. The van der Waals surface area contributed by atoms with Gasteiger partial charge in [0, 0.05) is 30.0 Å². The summed E-state index contributed by atoms with van der Waals surface area (Å²) < 4.78 is 22.6. The van der Waals surface area contributed by atoms with Crippen LogP contribution < -0.4 is 35.3 Å². The van der Waals surface area contributed by atoms with E-state index < -0.39 is 5.79 Å². The van der Waals surface area contributed by atoms with E-state index in [1.54, 1.807) is 14.2 Å². The Morgan fingerprint density at radius 2 is 1.66 bits per heavy atom. The van der Waals surface area contributed by atoms with Gasteiger partial charge in [-0.3, -0.25) is 10.2 Å². The van der Waals surface area contributed by atoms with Crippen molar-refractivity contribution in [1.29, 1.82) is 0 Å². The Hall–Kier alpha value is -3.95. The number of ether oxygens (including phenoxy) is 4. The van der Waals surface area contributed by atoms with Crippen molar-refractivity contribution < 1.29 is 18.9 Å².